The van der Waals surface area contributed by atoms with Gasteiger partial charge in [-0.05, 0) is 6.42 Å². The smallest absolute Gasteiger partial charge is 0.321 e. The molecular weight excluding hydrogens is 400 g/mol. The third-order valence-corrected chi connectivity index (χ3v) is 4.17. The van der Waals surface area contributed by atoms with E-state index in [9.17, 15) is 19.5 Å². The number of nitrogens with zero attached hydrogens (tertiary/aromatic N) is 1. The molecule has 11 heteroatoms. The summed E-state index contributed by atoms with van der Waals surface area (Å²) in [6.45, 7) is 2.69. The van der Waals surface area contributed by atoms with Gasteiger partial charge in [0.1, 0.15) is 12.6 Å². The Bertz CT molecular complexity index is 579. The zero-order valence-corrected chi connectivity index (χ0v) is 16.9. The van der Waals surface area contributed by atoms with Crippen LogP contribution in [0.3, 0.4) is 0 Å². The van der Waals surface area contributed by atoms with E-state index in [0.29, 0.717) is 39.6 Å². The molecule has 1 aliphatic rings. The van der Waals surface area contributed by atoms with Crippen LogP contribution < -0.4 is 5.32 Å². The molecule has 0 radical (unpaired) electrons. The first-order chi connectivity index (χ1) is 14.4. The number of hydrogen-bond donors (Lipinski definition) is 3. The topological polar surface area (TPSA) is 144 Å². The average Bonchev–Trinajstić information content (AvgIpc) is 3.07. The fraction of sp³-hybridized carbons (Fsp3) is 0.737. The number of nitrogens with one attached hydrogen (secondary N) is 1. The summed E-state index contributed by atoms with van der Waals surface area (Å²) in [5.41, 5.74) is 0. The molecule has 11 nitrogen and oxygen atoms in total. The number of carboxylic acids is 2. The molecule has 0 spiro atoms. The number of amides is 1. The Labute approximate surface area is 175 Å². The van der Waals surface area contributed by atoms with Gasteiger partial charge >= 0.3 is 11.9 Å². The van der Waals surface area contributed by atoms with Crippen molar-refractivity contribution in [3.8, 4) is 12.3 Å². The second-order valence-corrected chi connectivity index (χ2v) is 6.52. The van der Waals surface area contributed by atoms with Gasteiger partial charge in [0, 0.05) is 19.0 Å². The molecule has 1 saturated heterocycles. The molecule has 0 bridgehead atoms. The number of aliphatic carboxylic acids is 2. The summed E-state index contributed by atoms with van der Waals surface area (Å²) in [4.78, 5) is 35.4. The minimum Gasteiger partial charge on any atom is -0.480 e. The number of ether oxygens (including phenoxy) is 4. The first-order valence-corrected chi connectivity index (χ1v) is 9.66. The van der Waals surface area contributed by atoms with Crippen LogP contribution in [0.2, 0.25) is 0 Å². The molecule has 1 heterocycles. The molecule has 1 fully saturated rings. The highest BCUT2D eigenvalue weighted by Gasteiger charge is 2.38. The Hall–Kier alpha value is -2.23. The van der Waals surface area contributed by atoms with Gasteiger partial charge in [0.2, 0.25) is 5.91 Å². The maximum atomic E-state index is 12.0. The van der Waals surface area contributed by atoms with E-state index < -0.39 is 24.0 Å². The Kier molecular flexibility index (Phi) is 13.4. The van der Waals surface area contributed by atoms with Gasteiger partial charge < -0.3 is 34.5 Å². The van der Waals surface area contributed by atoms with Crippen molar-refractivity contribution in [3.63, 3.8) is 0 Å². The summed E-state index contributed by atoms with van der Waals surface area (Å²) in [6, 6.07) is -1.32. The Morgan fingerprint density at radius 2 is 1.53 bits per heavy atom. The normalized spacial score (nSPS) is 18.8. The van der Waals surface area contributed by atoms with Crippen LogP contribution in [0, 0.1) is 12.3 Å². The summed E-state index contributed by atoms with van der Waals surface area (Å²) in [5, 5.41) is 20.8. The number of likely N-dealkylation sites (tertiary alicyclic amines) is 1. The van der Waals surface area contributed by atoms with Crippen LogP contribution in [-0.2, 0) is 33.3 Å². The largest absolute Gasteiger partial charge is 0.480 e. The average molecular weight is 430 g/mol. The molecule has 1 amide bonds. The minimum absolute atomic E-state index is 0.119. The molecule has 30 heavy (non-hydrogen) atoms. The number of carboxylic acid groups (broad SMARTS) is 2. The van der Waals surface area contributed by atoms with Crippen molar-refractivity contribution in [3.05, 3.63) is 0 Å². The number of carbonyl (C=O) groups excluding carboxylic acids is 1. The van der Waals surface area contributed by atoms with Gasteiger partial charge in [-0.25, -0.2) is 0 Å². The number of terminal acetylenes is 1. The van der Waals surface area contributed by atoms with Crippen LogP contribution in [0.15, 0.2) is 0 Å². The molecule has 170 valence electrons. The lowest BCUT2D eigenvalue weighted by Gasteiger charge is -2.18. The van der Waals surface area contributed by atoms with E-state index in [-0.39, 0.29) is 45.1 Å². The van der Waals surface area contributed by atoms with Gasteiger partial charge in [-0.1, -0.05) is 5.92 Å². The Morgan fingerprint density at radius 1 is 0.967 bits per heavy atom. The summed E-state index contributed by atoms with van der Waals surface area (Å²) in [5.74, 6) is -0.123. The van der Waals surface area contributed by atoms with Crippen LogP contribution in [0.25, 0.3) is 0 Å². The van der Waals surface area contributed by atoms with E-state index in [0.717, 1.165) is 0 Å². The number of hydrogen-bond acceptors (Lipinski definition) is 8. The molecule has 0 unspecified atom stereocenters. The maximum Gasteiger partial charge on any atom is 0.321 e. The quantitative estimate of drug-likeness (QED) is 0.190. The van der Waals surface area contributed by atoms with E-state index in [1.807, 2.05) is 0 Å². The maximum absolute atomic E-state index is 12.0. The van der Waals surface area contributed by atoms with E-state index in [4.69, 9.17) is 30.5 Å². The van der Waals surface area contributed by atoms with E-state index in [2.05, 4.69) is 11.2 Å². The molecule has 1 rings (SSSR count). The van der Waals surface area contributed by atoms with E-state index in [1.165, 1.54) is 4.90 Å². The first kappa shape index (κ1) is 25.8. The van der Waals surface area contributed by atoms with Crippen LogP contribution in [-0.4, -0.2) is 111 Å². The van der Waals surface area contributed by atoms with Crippen LogP contribution in [0.1, 0.15) is 12.8 Å². The molecule has 0 aromatic carbocycles. The third kappa shape index (κ3) is 11.7. The highest BCUT2D eigenvalue weighted by Crippen LogP contribution is 2.18. The van der Waals surface area contributed by atoms with Gasteiger partial charge in [-0.2, -0.15) is 0 Å². The van der Waals surface area contributed by atoms with Crippen molar-refractivity contribution in [1.29, 1.82) is 0 Å². The lowest BCUT2D eigenvalue weighted by atomic mass is 10.1. The zero-order valence-electron chi connectivity index (χ0n) is 16.9. The fourth-order valence-electron chi connectivity index (χ4n) is 2.87. The van der Waals surface area contributed by atoms with Gasteiger partial charge in [-0.3, -0.25) is 19.3 Å². The number of rotatable bonds is 17. The van der Waals surface area contributed by atoms with Crippen LogP contribution in [0.4, 0.5) is 0 Å². The molecule has 2 atom stereocenters. The highest BCUT2D eigenvalue weighted by molar-refractivity contribution is 5.78. The Balaban J connectivity index is 2.02. The van der Waals surface area contributed by atoms with E-state index >= 15 is 0 Å². The van der Waals surface area contributed by atoms with Gasteiger partial charge in [0.15, 0.2) is 0 Å². The van der Waals surface area contributed by atoms with Crippen LogP contribution >= 0.6 is 0 Å². The van der Waals surface area contributed by atoms with Crippen molar-refractivity contribution >= 4 is 17.8 Å². The second kappa shape index (κ2) is 15.6. The molecule has 3 N–H and O–H groups in total. The monoisotopic (exact) mass is 430 g/mol. The molecule has 0 aromatic heterocycles. The van der Waals surface area contributed by atoms with E-state index in [1.54, 1.807) is 0 Å². The summed E-state index contributed by atoms with van der Waals surface area (Å²) >= 11 is 0. The highest BCUT2D eigenvalue weighted by atomic mass is 16.6. The van der Waals surface area contributed by atoms with Gasteiger partial charge in [-0.15, -0.1) is 6.42 Å². The zero-order chi connectivity index (χ0) is 22.2. The molecule has 1 aliphatic heterocycles. The molecule has 0 aromatic rings. The summed E-state index contributed by atoms with van der Waals surface area (Å²) in [7, 11) is 0. The predicted molar refractivity (Wildman–Crippen MR) is 104 cm³/mol. The Morgan fingerprint density at radius 3 is 2.07 bits per heavy atom. The van der Waals surface area contributed by atoms with Gasteiger partial charge in [0.25, 0.3) is 0 Å². The molecular formula is C19H30N2O9. The predicted octanol–water partition coefficient (Wildman–Crippen LogP) is -1.20. The molecule has 0 aliphatic carbocycles. The van der Waals surface area contributed by atoms with Crippen molar-refractivity contribution in [1.82, 2.24) is 10.2 Å². The van der Waals surface area contributed by atoms with Crippen molar-refractivity contribution in [2.75, 3.05) is 65.9 Å². The van der Waals surface area contributed by atoms with Crippen molar-refractivity contribution < 1.29 is 43.5 Å². The first-order valence-electron chi connectivity index (χ1n) is 9.66. The molecule has 0 saturated carbocycles. The standard InChI is InChI=1S/C19H30N2O9/c1-2-4-27-6-8-29-10-11-30-9-7-28-5-3-17(22)20-15-12-16(19(25)26)21(13-15)14-18(23)24/h1,15-16H,3-14H2,(H,20,22)(H,23,24)(H,25,26)/t15-,16-/m0/s1. The SMILES string of the molecule is C#CCOCCOCCOCCOCCC(=O)N[C@H]1C[C@@H](C(=O)O)N(CC(=O)O)C1. The fourth-order valence-corrected chi connectivity index (χ4v) is 2.87. The third-order valence-electron chi connectivity index (χ3n) is 4.17. The van der Waals surface area contributed by atoms with Crippen molar-refractivity contribution in [2.24, 2.45) is 0 Å². The number of carbonyl (C=O) groups is 3. The van der Waals surface area contributed by atoms with Gasteiger partial charge in [0.05, 0.1) is 52.8 Å². The van der Waals surface area contributed by atoms with Crippen molar-refractivity contribution in [2.45, 2.75) is 24.9 Å². The lowest BCUT2D eigenvalue weighted by Crippen LogP contribution is -2.40. The van der Waals surface area contributed by atoms with Crippen LogP contribution in [0.5, 0.6) is 0 Å². The summed E-state index contributed by atoms with van der Waals surface area (Å²) < 4.78 is 21.0. The summed E-state index contributed by atoms with van der Waals surface area (Å²) in [6.07, 6.45) is 5.32. The minimum atomic E-state index is -1.11. The second-order valence-electron chi connectivity index (χ2n) is 6.52. The lowest BCUT2D eigenvalue weighted by molar-refractivity contribution is -0.144.